The van der Waals surface area contributed by atoms with Gasteiger partial charge in [0.1, 0.15) is 0 Å². The molecule has 4 nitrogen and oxygen atoms in total. The number of benzene rings is 2. The zero-order chi connectivity index (χ0) is 18.7. The first-order valence-electron chi connectivity index (χ1n) is 9.37. The van der Waals surface area contributed by atoms with Gasteiger partial charge < -0.3 is 19.6 Å². The number of para-hydroxylation sites is 1. The maximum atomic E-state index is 6.56. The van der Waals surface area contributed by atoms with Gasteiger partial charge in [0, 0.05) is 28.4 Å². The van der Waals surface area contributed by atoms with Crippen LogP contribution in [0.15, 0.2) is 42.5 Å². The van der Waals surface area contributed by atoms with Crippen LogP contribution in [0.1, 0.15) is 46.1 Å². The molecule has 1 saturated heterocycles. The summed E-state index contributed by atoms with van der Waals surface area (Å²) in [7, 11) is -0.447. The predicted octanol–water partition coefficient (Wildman–Crippen LogP) is 4.45. The third kappa shape index (κ3) is 2.49. The van der Waals surface area contributed by atoms with Crippen LogP contribution in [-0.4, -0.2) is 22.9 Å². The normalized spacial score (nSPS) is 20.2. The topological polar surface area (TPSA) is 49.4 Å². The van der Waals surface area contributed by atoms with Gasteiger partial charge in [0.25, 0.3) is 0 Å². The second-order valence-electron chi connectivity index (χ2n) is 8.19. The Morgan fingerprint density at radius 2 is 1.58 bits per heavy atom. The lowest BCUT2D eigenvalue weighted by Gasteiger charge is -2.32. The Hall–Kier alpha value is -1.82. The molecule has 0 spiro atoms. The van der Waals surface area contributed by atoms with E-state index in [2.05, 4.69) is 81.7 Å². The molecule has 1 atom stereocenters. The molecule has 4 rings (SSSR count). The molecule has 0 radical (unpaired) electrons. The van der Waals surface area contributed by atoms with Gasteiger partial charge >= 0.3 is 7.12 Å². The summed E-state index contributed by atoms with van der Waals surface area (Å²) in [5, 5.41) is 2.49. The maximum Gasteiger partial charge on any atom is 0.480 e. The van der Waals surface area contributed by atoms with E-state index in [9.17, 15) is 0 Å². The molecular weight excluding hydrogens is 323 g/mol. The third-order valence-electron chi connectivity index (χ3n) is 6.06. The first kappa shape index (κ1) is 17.6. The van der Waals surface area contributed by atoms with Crippen LogP contribution in [0.5, 0.6) is 0 Å². The Kier molecular flexibility index (Phi) is 3.95. The highest BCUT2D eigenvalue weighted by molar-refractivity contribution is 6.47. The molecule has 2 N–H and O–H groups in total. The SMILES string of the molecule is CCn1c2ccccc2c2cc([C@H](N)B3OC(C)(C)C(C)(C)O3)ccc21. The molecule has 1 aliphatic heterocycles. The van der Waals surface area contributed by atoms with Gasteiger partial charge in [-0.25, -0.2) is 0 Å². The van der Waals surface area contributed by atoms with Crippen LogP contribution in [0.2, 0.25) is 0 Å². The largest absolute Gasteiger partial charge is 0.480 e. The van der Waals surface area contributed by atoms with Crippen molar-refractivity contribution in [1.82, 2.24) is 4.57 Å². The van der Waals surface area contributed by atoms with Crippen molar-refractivity contribution in [3.05, 3.63) is 48.0 Å². The van der Waals surface area contributed by atoms with Crippen LogP contribution in [-0.2, 0) is 15.9 Å². The van der Waals surface area contributed by atoms with Crippen molar-refractivity contribution in [2.75, 3.05) is 0 Å². The lowest BCUT2D eigenvalue weighted by Crippen LogP contribution is -2.41. The van der Waals surface area contributed by atoms with Gasteiger partial charge in [0.05, 0.1) is 17.1 Å². The third-order valence-corrected chi connectivity index (χ3v) is 6.06. The summed E-state index contributed by atoms with van der Waals surface area (Å²) in [6, 6.07) is 15.0. The van der Waals surface area contributed by atoms with Gasteiger partial charge in [0.15, 0.2) is 0 Å². The van der Waals surface area contributed by atoms with Gasteiger partial charge in [-0.1, -0.05) is 24.3 Å². The number of rotatable bonds is 3. The number of nitrogens with two attached hydrogens (primary N) is 1. The van der Waals surface area contributed by atoms with E-state index in [0.717, 1.165) is 12.1 Å². The van der Waals surface area contributed by atoms with E-state index < -0.39 is 7.12 Å². The average molecular weight is 350 g/mol. The van der Waals surface area contributed by atoms with E-state index >= 15 is 0 Å². The molecule has 3 aromatic rings. The Balaban J connectivity index is 1.78. The van der Waals surface area contributed by atoms with E-state index in [1.165, 1.54) is 21.8 Å². The summed E-state index contributed by atoms with van der Waals surface area (Å²) in [6.45, 7) is 11.3. The van der Waals surface area contributed by atoms with Gasteiger partial charge in [-0.2, -0.15) is 0 Å². The van der Waals surface area contributed by atoms with Crippen molar-refractivity contribution in [3.8, 4) is 0 Å². The second-order valence-corrected chi connectivity index (χ2v) is 8.19. The van der Waals surface area contributed by atoms with E-state index in [1.807, 2.05) is 0 Å². The lowest BCUT2D eigenvalue weighted by molar-refractivity contribution is 0.00578. The summed E-state index contributed by atoms with van der Waals surface area (Å²) >= 11 is 0. The van der Waals surface area contributed by atoms with Crippen molar-refractivity contribution in [3.63, 3.8) is 0 Å². The number of aryl methyl sites for hydroxylation is 1. The standard InChI is InChI=1S/C21H27BN2O2/c1-6-24-17-10-8-7-9-15(17)16-13-14(11-12-18(16)24)19(23)22-25-20(2,3)21(4,5)26-22/h7-13,19H,6,23H2,1-5H3/t19-/m0/s1. The monoisotopic (exact) mass is 350 g/mol. The molecule has 5 heteroatoms. The zero-order valence-corrected chi connectivity index (χ0v) is 16.2. The minimum absolute atomic E-state index is 0.329. The van der Waals surface area contributed by atoms with Crippen LogP contribution in [0, 0.1) is 0 Å². The Morgan fingerprint density at radius 3 is 2.23 bits per heavy atom. The quantitative estimate of drug-likeness (QED) is 0.710. The highest BCUT2D eigenvalue weighted by Gasteiger charge is 2.53. The molecule has 136 valence electrons. The smallest absolute Gasteiger partial charge is 0.402 e. The van der Waals surface area contributed by atoms with Gasteiger partial charge in [-0.15, -0.1) is 0 Å². The molecular formula is C21H27BN2O2. The molecule has 0 amide bonds. The van der Waals surface area contributed by atoms with Crippen molar-refractivity contribution >= 4 is 28.9 Å². The van der Waals surface area contributed by atoms with Crippen LogP contribution in [0.25, 0.3) is 21.8 Å². The molecule has 0 unspecified atom stereocenters. The Morgan fingerprint density at radius 1 is 0.962 bits per heavy atom. The van der Waals surface area contributed by atoms with E-state index in [-0.39, 0.29) is 17.1 Å². The molecule has 2 aromatic carbocycles. The lowest BCUT2D eigenvalue weighted by atomic mass is 9.74. The summed E-state index contributed by atoms with van der Waals surface area (Å²) < 4.78 is 14.6. The highest BCUT2D eigenvalue weighted by Crippen LogP contribution is 2.40. The number of nitrogens with zero attached hydrogens (tertiary/aromatic N) is 1. The molecule has 0 saturated carbocycles. The fourth-order valence-electron chi connectivity index (χ4n) is 3.81. The number of fused-ring (bicyclic) bond motifs is 3. The Labute approximate surface area is 155 Å². The molecule has 0 bridgehead atoms. The second kappa shape index (κ2) is 5.84. The average Bonchev–Trinajstić information content (AvgIpc) is 3.04. The minimum atomic E-state index is -0.447. The van der Waals surface area contributed by atoms with Crippen LogP contribution >= 0.6 is 0 Å². The molecule has 2 heterocycles. The van der Waals surface area contributed by atoms with Gasteiger partial charge in [0.2, 0.25) is 0 Å². The van der Waals surface area contributed by atoms with Crippen molar-refractivity contribution in [1.29, 1.82) is 0 Å². The van der Waals surface area contributed by atoms with Crippen LogP contribution in [0.3, 0.4) is 0 Å². The van der Waals surface area contributed by atoms with E-state index in [4.69, 9.17) is 15.0 Å². The summed E-state index contributed by atoms with van der Waals surface area (Å²) in [5.41, 5.74) is 9.33. The van der Waals surface area contributed by atoms with Crippen molar-refractivity contribution in [2.24, 2.45) is 5.73 Å². The van der Waals surface area contributed by atoms with Gasteiger partial charge in [-0.3, -0.25) is 0 Å². The van der Waals surface area contributed by atoms with E-state index in [0.29, 0.717) is 0 Å². The van der Waals surface area contributed by atoms with Crippen LogP contribution in [0.4, 0.5) is 0 Å². The summed E-state index contributed by atoms with van der Waals surface area (Å²) in [5.74, 6) is -0.329. The molecule has 1 fully saturated rings. The highest BCUT2D eigenvalue weighted by atomic mass is 16.7. The molecule has 1 aliphatic rings. The maximum absolute atomic E-state index is 6.56. The van der Waals surface area contributed by atoms with E-state index in [1.54, 1.807) is 0 Å². The molecule has 0 aliphatic carbocycles. The minimum Gasteiger partial charge on any atom is -0.402 e. The molecule has 26 heavy (non-hydrogen) atoms. The number of hydrogen-bond acceptors (Lipinski definition) is 3. The Bertz CT molecular complexity index is 961. The zero-order valence-electron chi connectivity index (χ0n) is 16.2. The number of hydrogen-bond donors (Lipinski definition) is 1. The fraction of sp³-hybridized carbons (Fsp3) is 0.429. The van der Waals surface area contributed by atoms with Crippen molar-refractivity contribution in [2.45, 2.75) is 58.3 Å². The van der Waals surface area contributed by atoms with Gasteiger partial charge in [-0.05, 0) is 58.4 Å². The fourth-order valence-corrected chi connectivity index (χ4v) is 3.81. The predicted molar refractivity (Wildman–Crippen MR) is 108 cm³/mol. The number of aromatic nitrogens is 1. The first-order valence-corrected chi connectivity index (χ1v) is 9.37. The summed E-state index contributed by atoms with van der Waals surface area (Å²) in [4.78, 5) is 0. The summed E-state index contributed by atoms with van der Waals surface area (Å²) in [6.07, 6.45) is 0. The van der Waals surface area contributed by atoms with Crippen LogP contribution < -0.4 is 5.73 Å². The first-order chi connectivity index (χ1) is 12.2. The molecule has 1 aromatic heterocycles. The van der Waals surface area contributed by atoms with Crippen molar-refractivity contribution < 1.29 is 9.31 Å².